The Bertz CT molecular complexity index is 1640. The number of amides is 2. The summed E-state index contributed by atoms with van der Waals surface area (Å²) in [6, 6.07) is 17.2. The molecule has 0 aliphatic carbocycles. The van der Waals surface area contributed by atoms with E-state index < -0.39 is 30.4 Å². The highest BCUT2D eigenvalue weighted by Crippen LogP contribution is 2.35. The average Bonchev–Trinajstić information content (AvgIpc) is 2.97. The molecule has 4 aromatic rings. The predicted molar refractivity (Wildman–Crippen MR) is 168 cm³/mol. The molecule has 1 aromatic heterocycles. The van der Waals surface area contributed by atoms with Gasteiger partial charge in [0.15, 0.2) is 11.5 Å². The van der Waals surface area contributed by atoms with Crippen LogP contribution in [-0.4, -0.2) is 40.6 Å². The number of carbonyl (C=O) groups is 3. The highest BCUT2D eigenvalue weighted by atomic mass is 16.5. The number of carboxylic acids is 1. The van der Waals surface area contributed by atoms with Crippen LogP contribution in [0.5, 0.6) is 11.5 Å². The normalized spacial score (nSPS) is 12.3. The highest BCUT2D eigenvalue weighted by molar-refractivity contribution is 5.90. The van der Waals surface area contributed by atoms with Crippen LogP contribution < -0.4 is 31.0 Å². The smallest absolute Gasteiger partial charge is 0.305 e. The predicted octanol–water partition coefficient (Wildman–Crippen LogP) is 5.13. The number of nitrogens with two attached hydrogens (primary N) is 1. The Labute approximate surface area is 256 Å². The summed E-state index contributed by atoms with van der Waals surface area (Å²) in [5, 5.41) is 18.4. The van der Waals surface area contributed by atoms with Crippen molar-refractivity contribution < 1.29 is 29.0 Å². The van der Waals surface area contributed by atoms with Gasteiger partial charge in [-0.1, -0.05) is 24.3 Å². The molecule has 5 N–H and O–H groups in total. The number of carbonyl (C=O) groups excluding carboxylic acids is 2. The number of hydrogen-bond acceptors (Lipinski definition) is 8. The first-order valence-electron chi connectivity index (χ1n) is 14.3. The summed E-state index contributed by atoms with van der Waals surface area (Å²) in [6.45, 7) is 7.40. The molecule has 2 amide bonds. The first kappa shape index (κ1) is 31.8. The zero-order valence-electron chi connectivity index (χ0n) is 25.1. The van der Waals surface area contributed by atoms with E-state index in [9.17, 15) is 19.5 Å². The number of aromatic nitrogens is 1. The molecule has 44 heavy (non-hydrogen) atoms. The summed E-state index contributed by atoms with van der Waals surface area (Å²) >= 11 is 0. The molecule has 4 rings (SSSR count). The van der Waals surface area contributed by atoms with Gasteiger partial charge >= 0.3 is 5.97 Å². The Kier molecular flexibility index (Phi) is 10.4. The third-order valence-electron chi connectivity index (χ3n) is 6.70. The topological polar surface area (TPSA) is 156 Å². The van der Waals surface area contributed by atoms with Crippen molar-refractivity contribution >= 4 is 39.9 Å². The third-order valence-corrected chi connectivity index (χ3v) is 6.70. The van der Waals surface area contributed by atoms with Crippen LogP contribution in [0.1, 0.15) is 57.3 Å². The molecule has 0 saturated heterocycles. The van der Waals surface area contributed by atoms with Crippen LogP contribution in [0.25, 0.3) is 10.8 Å². The van der Waals surface area contributed by atoms with Crippen LogP contribution >= 0.6 is 0 Å². The van der Waals surface area contributed by atoms with Crippen molar-refractivity contribution in [1.82, 2.24) is 10.3 Å². The number of hydrazine groups is 1. The maximum atomic E-state index is 14.2. The first-order valence-corrected chi connectivity index (χ1v) is 14.3. The Balaban J connectivity index is 1.78. The van der Waals surface area contributed by atoms with E-state index in [1.54, 1.807) is 60.9 Å². The van der Waals surface area contributed by atoms with Crippen LogP contribution in [0.2, 0.25) is 0 Å². The van der Waals surface area contributed by atoms with Gasteiger partial charge in [0.2, 0.25) is 11.8 Å². The maximum Gasteiger partial charge on any atom is 0.305 e. The van der Waals surface area contributed by atoms with E-state index in [2.05, 4.69) is 15.6 Å². The molecule has 0 aliphatic rings. The zero-order chi connectivity index (χ0) is 31.8. The van der Waals surface area contributed by atoms with Gasteiger partial charge in [0, 0.05) is 30.4 Å². The number of rotatable bonds is 13. The van der Waals surface area contributed by atoms with Crippen molar-refractivity contribution in [2.75, 3.05) is 16.9 Å². The number of carboxylic acid groups (broad SMARTS) is 1. The zero-order valence-corrected chi connectivity index (χ0v) is 25.1. The Hall–Kier alpha value is -5.16. The molecule has 0 radical (unpaired) electrons. The number of pyridine rings is 1. The van der Waals surface area contributed by atoms with Gasteiger partial charge < -0.3 is 25.2 Å². The molecule has 0 bridgehead atoms. The SMILES string of the molecule is CCOc1cc(C(C(=O)NC(CC(=O)O)c2cccc(NC(C)=O)c2)N(N)c2ccc3cnccc3c2)ccc1OC(C)C. The summed E-state index contributed by atoms with van der Waals surface area (Å²) < 4.78 is 11.8. The molecule has 0 saturated carbocycles. The largest absolute Gasteiger partial charge is 0.490 e. The van der Waals surface area contributed by atoms with Crippen LogP contribution in [0.3, 0.4) is 0 Å². The van der Waals surface area contributed by atoms with Gasteiger partial charge in [0.25, 0.3) is 0 Å². The number of hydrogen-bond donors (Lipinski definition) is 4. The molecule has 2 unspecified atom stereocenters. The minimum absolute atomic E-state index is 0.109. The van der Waals surface area contributed by atoms with E-state index in [0.717, 1.165) is 10.8 Å². The Morgan fingerprint density at radius 2 is 1.77 bits per heavy atom. The summed E-state index contributed by atoms with van der Waals surface area (Å²) in [4.78, 5) is 41.9. The molecule has 0 spiro atoms. The van der Waals surface area contributed by atoms with E-state index in [-0.39, 0.29) is 12.0 Å². The molecule has 11 heteroatoms. The summed E-state index contributed by atoms with van der Waals surface area (Å²) in [6.07, 6.45) is 2.89. The quantitative estimate of drug-likeness (QED) is 0.121. The minimum atomic E-state index is -1.11. The van der Waals surface area contributed by atoms with E-state index in [1.165, 1.54) is 11.9 Å². The van der Waals surface area contributed by atoms with Crippen LogP contribution in [0, 0.1) is 0 Å². The molecular weight excluding hydrogens is 562 g/mol. The standard InChI is InChI=1S/C33H37N5O6/c1-5-43-30-17-24(10-12-29(30)44-20(2)3)32(38(34)27-11-9-25-19-35-14-13-22(25)16-27)33(42)37-28(18-31(40)41)23-7-6-8-26(15-23)36-21(4)39/h6-17,19-20,28,32H,5,18,34H2,1-4H3,(H,36,39)(H,37,42)(H,40,41). The van der Waals surface area contributed by atoms with Crippen molar-refractivity contribution in [3.05, 3.63) is 90.3 Å². The van der Waals surface area contributed by atoms with Crippen molar-refractivity contribution in [2.45, 2.75) is 52.3 Å². The minimum Gasteiger partial charge on any atom is -0.490 e. The monoisotopic (exact) mass is 599 g/mol. The lowest BCUT2D eigenvalue weighted by atomic mass is 9.99. The lowest BCUT2D eigenvalue weighted by molar-refractivity contribution is -0.137. The molecule has 1 heterocycles. The maximum absolute atomic E-state index is 14.2. The van der Waals surface area contributed by atoms with Crippen molar-refractivity contribution in [2.24, 2.45) is 5.84 Å². The number of aliphatic carboxylic acids is 1. The number of benzene rings is 3. The lowest BCUT2D eigenvalue weighted by Crippen LogP contribution is -2.45. The molecule has 2 atom stereocenters. The van der Waals surface area contributed by atoms with E-state index in [0.29, 0.717) is 40.6 Å². The second-order valence-electron chi connectivity index (χ2n) is 10.5. The van der Waals surface area contributed by atoms with Gasteiger partial charge in [-0.3, -0.25) is 24.4 Å². The van der Waals surface area contributed by atoms with Crippen LogP contribution in [-0.2, 0) is 14.4 Å². The molecule has 3 aromatic carbocycles. The fourth-order valence-electron chi connectivity index (χ4n) is 4.85. The van der Waals surface area contributed by atoms with Gasteiger partial charge in [0.05, 0.1) is 30.9 Å². The van der Waals surface area contributed by atoms with Gasteiger partial charge in [-0.2, -0.15) is 0 Å². The average molecular weight is 600 g/mol. The van der Waals surface area contributed by atoms with E-state index >= 15 is 0 Å². The second-order valence-corrected chi connectivity index (χ2v) is 10.5. The van der Waals surface area contributed by atoms with Crippen LogP contribution in [0.15, 0.2) is 79.1 Å². The van der Waals surface area contributed by atoms with Crippen molar-refractivity contribution in [3.63, 3.8) is 0 Å². The Morgan fingerprint density at radius 3 is 2.48 bits per heavy atom. The second kappa shape index (κ2) is 14.3. The summed E-state index contributed by atoms with van der Waals surface area (Å²) in [7, 11) is 0. The highest BCUT2D eigenvalue weighted by Gasteiger charge is 2.31. The van der Waals surface area contributed by atoms with Crippen LogP contribution in [0.4, 0.5) is 11.4 Å². The third kappa shape index (κ3) is 8.01. The summed E-state index contributed by atoms with van der Waals surface area (Å²) in [5.74, 6) is 5.75. The van der Waals surface area contributed by atoms with E-state index in [4.69, 9.17) is 15.3 Å². The first-order chi connectivity index (χ1) is 21.0. The number of ether oxygens (including phenoxy) is 2. The Morgan fingerprint density at radius 1 is 0.977 bits per heavy atom. The summed E-state index contributed by atoms with van der Waals surface area (Å²) in [5.41, 5.74) is 2.03. The van der Waals surface area contributed by atoms with Crippen molar-refractivity contribution in [3.8, 4) is 11.5 Å². The molecule has 0 aliphatic heterocycles. The molecule has 11 nitrogen and oxygen atoms in total. The van der Waals surface area contributed by atoms with Gasteiger partial charge in [0.1, 0.15) is 6.04 Å². The molecule has 0 fully saturated rings. The lowest BCUT2D eigenvalue weighted by Gasteiger charge is -2.31. The fraction of sp³-hybridized carbons (Fsp3) is 0.273. The number of nitrogens with zero attached hydrogens (tertiary/aromatic N) is 2. The number of fused-ring (bicyclic) bond motifs is 1. The van der Waals surface area contributed by atoms with Gasteiger partial charge in [-0.15, -0.1) is 0 Å². The van der Waals surface area contributed by atoms with Gasteiger partial charge in [-0.25, -0.2) is 5.84 Å². The number of anilines is 2. The van der Waals surface area contributed by atoms with Gasteiger partial charge in [-0.05, 0) is 79.7 Å². The van der Waals surface area contributed by atoms with Crippen molar-refractivity contribution in [1.29, 1.82) is 0 Å². The number of nitrogens with one attached hydrogen (secondary N) is 2. The molecule has 230 valence electrons. The fourth-order valence-corrected chi connectivity index (χ4v) is 4.85. The van der Waals surface area contributed by atoms with E-state index in [1.807, 2.05) is 39.0 Å². The molecular formula is C33H37N5O6.